The van der Waals surface area contributed by atoms with Crippen molar-refractivity contribution >= 4 is 0 Å². The van der Waals surface area contributed by atoms with Crippen LogP contribution in [0.4, 0.5) is 0 Å². The van der Waals surface area contributed by atoms with Gasteiger partial charge in [0.15, 0.2) is 0 Å². The van der Waals surface area contributed by atoms with Crippen molar-refractivity contribution in [2.75, 3.05) is 13.1 Å². The topological polar surface area (TPSA) is 24.1 Å². The Hall–Kier alpha value is -0.860. The van der Waals surface area contributed by atoms with E-state index in [1.54, 1.807) is 0 Å². The SMILES string of the molecule is CCCC1(NCCNC(C)(C)C)CC1c1ccccc1. The summed E-state index contributed by atoms with van der Waals surface area (Å²) in [5.41, 5.74) is 2.06. The molecule has 2 heteroatoms. The standard InChI is InChI=1S/C18H30N2/c1-5-11-18(20-13-12-19-17(2,3)4)14-16(18)15-9-7-6-8-10-15/h6-10,16,19-20H,5,11-14H2,1-4H3. The third kappa shape index (κ3) is 4.07. The van der Waals surface area contributed by atoms with Crippen LogP contribution in [0.2, 0.25) is 0 Å². The molecule has 2 nitrogen and oxygen atoms in total. The average Bonchev–Trinajstić information content (AvgIpc) is 3.10. The first-order valence-electron chi connectivity index (χ1n) is 8.02. The van der Waals surface area contributed by atoms with Gasteiger partial charge in [0.05, 0.1) is 0 Å². The molecule has 2 N–H and O–H groups in total. The Balaban J connectivity index is 1.86. The van der Waals surface area contributed by atoms with E-state index in [9.17, 15) is 0 Å². The Labute approximate surface area is 124 Å². The van der Waals surface area contributed by atoms with Crippen LogP contribution in [0.25, 0.3) is 0 Å². The molecule has 0 heterocycles. The molecule has 0 aromatic heterocycles. The van der Waals surface area contributed by atoms with Crippen molar-refractivity contribution in [2.45, 2.75) is 64.0 Å². The van der Waals surface area contributed by atoms with Crippen LogP contribution in [0.3, 0.4) is 0 Å². The zero-order valence-corrected chi connectivity index (χ0v) is 13.5. The van der Waals surface area contributed by atoms with E-state index < -0.39 is 0 Å². The maximum atomic E-state index is 3.83. The van der Waals surface area contributed by atoms with Gasteiger partial charge in [0.25, 0.3) is 0 Å². The molecule has 112 valence electrons. The minimum absolute atomic E-state index is 0.210. The van der Waals surface area contributed by atoms with Crippen LogP contribution in [0.15, 0.2) is 30.3 Å². The molecule has 1 aliphatic carbocycles. The van der Waals surface area contributed by atoms with E-state index in [0.29, 0.717) is 11.5 Å². The molecule has 1 aromatic rings. The molecule has 0 saturated heterocycles. The first kappa shape index (κ1) is 15.5. The average molecular weight is 274 g/mol. The highest BCUT2D eigenvalue weighted by atomic mass is 15.1. The fourth-order valence-electron chi connectivity index (χ4n) is 3.18. The lowest BCUT2D eigenvalue weighted by Gasteiger charge is -2.23. The van der Waals surface area contributed by atoms with Crippen LogP contribution in [0.5, 0.6) is 0 Å². The number of nitrogens with one attached hydrogen (secondary N) is 2. The van der Waals surface area contributed by atoms with Gasteiger partial charge in [-0.2, -0.15) is 0 Å². The summed E-state index contributed by atoms with van der Waals surface area (Å²) in [6, 6.07) is 11.0. The van der Waals surface area contributed by atoms with Crippen molar-refractivity contribution in [1.82, 2.24) is 10.6 Å². The van der Waals surface area contributed by atoms with Crippen LogP contribution in [0.1, 0.15) is 58.4 Å². The van der Waals surface area contributed by atoms with Crippen LogP contribution in [-0.2, 0) is 0 Å². The minimum Gasteiger partial charge on any atom is -0.311 e. The number of hydrogen-bond donors (Lipinski definition) is 2. The Morgan fingerprint density at radius 2 is 1.85 bits per heavy atom. The quantitative estimate of drug-likeness (QED) is 0.741. The second kappa shape index (κ2) is 6.28. The molecule has 0 amide bonds. The molecule has 2 rings (SSSR count). The van der Waals surface area contributed by atoms with Crippen LogP contribution in [0, 0.1) is 0 Å². The van der Waals surface area contributed by atoms with Gasteiger partial charge in [0, 0.05) is 30.1 Å². The van der Waals surface area contributed by atoms with E-state index >= 15 is 0 Å². The molecule has 0 bridgehead atoms. The number of hydrogen-bond acceptors (Lipinski definition) is 2. The predicted octanol–water partition coefficient (Wildman–Crippen LogP) is 3.69. The van der Waals surface area contributed by atoms with Crippen LogP contribution >= 0.6 is 0 Å². The normalized spacial score (nSPS) is 25.7. The van der Waals surface area contributed by atoms with Crippen molar-refractivity contribution in [3.63, 3.8) is 0 Å². The van der Waals surface area contributed by atoms with Crippen molar-refractivity contribution in [3.05, 3.63) is 35.9 Å². The largest absolute Gasteiger partial charge is 0.311 e. The Morgan fingerprint density at radius 1 is 1.15 bits per heavy atom. The van der Waals surface area contributed by atoms with E-state index in [1.807, 2.05) is 0 Å². The summed E-state index contributed by atoms with van der Waals surface area (Å²) in [6.45, 7) is 11.0. The molecule has 1 fully saturated rings. The summed E-state index contributed by atoms with van der Waals surface area (Å²) < 4.78 is 0. The van der Waals surface area contributed by atoms with E-state index in [4.69, 9.17) is 0 Å². The van der Waals surface area contributed by atoms with E-state index in [-0.39, 0.29) is 5.54 Å². The van der Waals surface area contributed by atoms with Gasteiger partial charge in [-0.05, 0) is 39.2 Å². The summed E-state index contributed by atoms with van der Waals surface area (Å²) in [4.78, 5) is 0. The molecule has 20 heavy (non-hydrogen) atoms. The predicted molar refractivity (Wildman–Crippen MR) is 87.2 cm³/mol. The highest BCUT2D eigenvalue weighted by Gasteiger charge is 2.53. The van der Waals surface area contributed by atoms with Crippen molar-refractivity contribution < 1.29 is 0 Å². The van der Waals surface area contributed by atoms with Gasteiger partial charge in [-0.1, -0.05) is 43.7 Å². The van der Waals surface area contributed by atoms with Crippen LogP contribution < -0.4 is 10.6 Å². The molecule has 1 aromatic carbocycles. The molecule has 0 spiro atoms. The minimum atomic E-state index is 0.210. The van der Waals surface area contributed by atoms with Gasteiger partial charge in [0.1, 0.15) is 0 Å². The zero-order valence-electron chi connectivity index (χ0n) is 13.5. The van der Waals surface area contributed by atoms with Gasteiger partial charge in [-0.25, -0.2) is 0 Å². The molecule has 1 aliphatic rings. The smallest absolute Gasteiger partial charge is 0.0257 e. The maximum Gasteiger partial charge on any atom is 0.0257 e. The zero-order chi connectivity index (χ0) is 14.6. The molecule has 0 radical (unpaired) electrons. The fourth-order valence-corrected chi connectivity index (χ4v) is 3.18. The number of benzene rings is 1. The first-order chi connectivity index (χ1) is 9.47. The third-order valence-corrected chi connectivity index (χ3v) is 4.23. The molecule has 2 unspecified atom stereocenters. The Kier molecular flexibility index (Phi) is 4.87. The summed E-state index contributed by atoms with van der Waals surface area (Å²) in [7, 11) is 0. The van der Waals surface area contributed by atoms with Crippen LogP contribution in [-0.4, -0.2) is 24.2 Å². The van der Waals surface area contributed by atoms with Crippen molar-refractivity contribution in [2.24, 2.45) is 0 Å². The molecule has 2 atom stereocenters. The molecular formula is C18H30N2. The lowest BCUT2D eigenvalue weighted by molar-refractivity contribution is 0.391. The maximum absolute atomic E-state index is 3.83. The van der Waals surface area contributed by atoms with Crippen molar-refractivity contribution in [3.8, 4) is 0 Å². The van der Waals surface area contributed by atoms with Gasteiger partial charge in [0.2, 0.25) is 0 Å². The summed E-state index contributed by atoms with van der Waals surface area (Å²) in [6.07, 6.45) is 3.82. The second-order valence-electron chi connectivity index (χ2n) is 7.18. The highest BCUT2D eigenvalue weighted by molar-refractivity contribution is 5.33. The van der Waals surface area contributed by atoms with Gasteiger partial charge in [-0.15, -0.1) is 0 Å². The van der Waals surface area contributed by atoms with E-state index in [2.05, 4.69) is 68.7 Å². The fraction of sp³-hybridized carbons (Fsp3) is 0.667. The first-order valence-corrected chi connectivity index (χ1v) is 8.02. The lowest BCUT2D eigenvalue weighted by atomic mass is 10.0. The van der Waals surface area contributed by atoms with E-state index in [0.717, 1.165) is 13.1 Å². The number of rotatable bonds is 7. The molecule has 1 saturated carbocycles. The summed E-state index contributed by atoms with van der Waals surface area (Å²) >= 11 is 0. The lowest BCUT2D eigenvalue weighted by Crippen LogP contribution is -2.43. The summed E-state index contributed by atoms with van der Waals surface area (Å²) in [5, 5.41) is 7.39. The Morgan fingerprint density at radius 3 is 2.45 bits per heavy atom. The van der Waals surface area contributed by atoms with E-state index in [1.165, 1.54) is 24.8 Å². The second-order valence-corrected chi connectivity index (χ2v) is 7.18. The summed E-state index contributed by atoms with van der Waals surface area (Å²) in [5.74, 6) is 0.707. The van der Waals surface area contributed by atoms with Gasteiger partial charge in [-0.3, -0.25) is 0 Å². The Bertz CT molecular complexity index is 407. The monoisotopic (exact) mass is 274 g/mol. The highest BCUT2D eigenvalue weighted by Crippen LogP contribution is 2.53. The third-order valence-electron chi connectivity index (χ3n) is 4.23. The van der Waals surface area contributed by atoms with Gasteiger partial charge >= 0.3 is 0 Å². The molecular weight excluding hydrogens is 244 g/mol. The van der Waals surface area contributed by atoms with Gasteiger partial charge < -0.3 is 10.6 Å². The van der Waals surface area contributed by atoms with Crippen molar-refractivity contribution in [1.29, 1.82) is 0 Å². The molecule has 0 aliphatic heterocycles.